The third-order valence-corrected chi connectivity index (χ3v) is 8.68. The van der Waals surface area contributed by atoms with Gasteiger partial charge in [-0.2, -0.15) is 29.8 Å². The normalized spacial score (nSPS) is 10.7. The predicted molar refractivity (Wildman–Crippen MR) is 167 cm³/mol. The third kappa shape index (κ3) is 6.60. The van der Waals surface area contributed by atoms with E-state index in [-0.39, 0.29) is 12.4 Å². The van der Waals surface area contributed by atoms with Crippen molar-refractivity contribution in [3.63, 3.8) is 0 Å². The number of hydrogen-bond acceptors (Lipinski definition) is 0. The van der Waals surface area contributed by atoms with Gasteiger partial charge in [0.15, 0.2) is 0 Å². The van der Waals surface area contributed by atoms with Gasteiger partial charge in [-0.15, -0.1) is 45.3 Å². The summed E-state index contributed by atoms with van der Waals surface area (Å²) >= 11 is 1.46. The summed E-state index contributed by atoms with van der Waals surface area (Å²) < 4.78 is 1.42. The Kier molecular flexibility index (Phi) is 9.63. The predicted octanol–water partition coefficient (Wildman–Crippen LogP) is 6.58. The van der Waals surface area contributed by atoms with Gasteiger partial charge in [0.2, 0.25) is 0 Å². The molecule has 0 aliphatic heterocycles. The van der Waals surface area contributed by atoms with E-state index in [1.165, 1.54) is 82.4 Å². The summed E-state index contributed by atoms with van der Waals surface area (Å²) in [7, 11) is 0. The van der Waals surface area contributed by atoms with Crippen LogP contribution >= 0.6 is 0 Å². The van der Waals surface area contributed by atoms with Crippen LogP contribution in [0.5, 0.6) is 0 Å². The molecule has 0 fully saturated rings. The van der Waals surface area contributed by atoms with Gasteiger partial charge in [0.1, 0.15) is 0 Å². The van der Waals surface area contributed by atoms with Crippen LogP contribution in [0.2, 0.25) is 0 Å². The van der Waals surface area contributed by atoms with Gasteiger partial charge in [0.25, 0.3) is 0 Å². The number of hydrogen-bond donors (Lipinski definition) is 0. The van der Waals surface area contributed by atoms with Crippen molar-refractivity contribution in [2.75, 3.05) is 0 Å². The first kappa shape index (κ1) is 28.8. The van der Waals surface area contributed by atoms with E-state index in [0.29, 0.717) is 0 Å². The molecule has 0 aromatic heterocycles. The quantitative estimate of drug-likeness (QED) is 0.191. The molecule has 1 aliphatic carbocycles. The number of rotatable bonds is 2. The largest absolute Gasteiger partial charge is 0.179 e. The first-order chi connectivity index (χ1) is 19.8. The maximum absolute atomic E-state index is 3.30. The maximum atomic E-state index is 3.30. The molecule has 7 aromatic rings. The minimum absolute atomic E-state index is 0. The Balaban J connectivity index is 0.000000122. The summed E-state index contributed by atoms with van der Waals surface area (Å²) in [6.07, 6.45) is 1.05. The Morgan fingerprint density at radius 3 is 1.63 bits per heavy atom. The summed E-state index contributed by atoms with van der Waals surface area (Å²) in [5.41, 5.74) is 8.17. The summed E-state index contributed by atoms with van der Waals surface area (Å²) in [5, 5.41) is 5.39. The molecule has 0 N–H and O–H groups in total. The molecule has 0 spiro atoms. The Morgan fingerprint density at radius 2 is 1.02 bits per heavy atom. The Labute approximate surface area is 263 Å². The molecule has 2 heteroatoms. The van der Waals surface area contributed by atoms with Gasteiger partial charge in [-0.1, -0.05) is 71.8 Å². The van der Waals surface area contributed by atoms with Gasteiger partial charge in [-0.25, -0.2) is 0 Å². The van der Waals surface area contributed by atoms with E-state index in [2.05, 4.69) is 158 Å². The maximum Gasteiger partial charge on any atom is -0.0253 e. The molecule has 41 heavy (non-hydrogen) atoms. The number of fused-ring (bicyclic) bond motifs is 6. The molecule has 0 saturated heterocycles. The SMILES string of the molecule is [Cl-].[Zr]=[C](c1ccccc1)c1ccccc1.[c-]1cccc2c1Cc1ccccc1-2.c1ccc2c(c1)[cH-]c1ccccc12. The first-order valence-electron chi connectivity index (χ1n) is 13.6. The Bertz CT molecular complexity index is 1750. The van der Waals surface area contributed by atoms with E-state index in [9.17, 15) is 0 Å². The molecule has 0 nitrogen and oxygen atoms in total. The van der Waals surface area contributed by atoms with Crippen LogP contribution in [0, 0.1) is 6.07 Å². The molecule has 0 amide bonds. The van der Waals surface area contributed by atoms with Crippen molar-refractivity contribution in [2.24, 2.45) is 0 Å². The molecule has 8 rings (SSSR count). The van der Waals surface area contributed by atoms with Gasteiger partial charge in [-0.3, -0.25) is 0 Å². The van der Waals surface area contributed by atoms with Crippen molar-refractivity contribution in [1.82, 2.24) is 0 Å². The second kappa shape index (κ2) is 13.7. The van der Waals surface area contributed by atoms with Gasteiger partial charge >= 0.3 is 99.2 Å². The van der Waals surface area contributed by atoms with E-state index in [1.54, 1.807) is 0 Å². The van der Waals surface area contributed by atoms with Crippen LogP contribution in [0.15, 0.2) is 158 Å². The number of benzene rings is 6. The smallest absolute Gasteiger partial charge is 0.0253 e. The zero-order valence-electron chi connectivity index (χ0n) is 22.6. The minimum atomic E-state index is 0. The van der Waals surface area contributed by atoms with Crippen LogP contribution < -0.4 is 12.4 Å². The fourth-order valence-corrected chi connectivity index (χ4v) is 6.10. The van der Waals surface area contributed by atoms with Gasteiger partial charge in [0.05, 0.1) is 0 Å². The molecule has 0 unspecified atom stereocenters. The fraction of sp³-hybridized carbons (Fsp3) is 0.0256. The number of halogens is 1. The zero-order valence-corrected chi connectivity index (χ0v) is 25.8. The van der Waals surface area contributed by atoms with Crippen molar-refractivity contribution < 1.29 is 36.6 Å². The monoisotopic (exact) mass is 621 g/mol. The van der Waals surface area contributed by atoms with Crippen LogP contribution in [0.3, 0.4) is 0 Å². The third-order valence-electron chi connectivity index (χ3n) is 7.26. The van der Waals surface area contributed by atoms with E-state index < -0.39 is 0 Å². The molecule has 1 aliphatic rings. The Morgan fingerprint density at radius 1 is 0.537 bits per heavy atom. The van der Waals surface area contributed by atoms with E-state index >= 15 is 0 Å². The topological polar surface area (TPSA) is 0 Å². The molecule has 0 atom stereocenters. The van der Waals surface area contributed by atoms with Crippen LogP contribution in [0.4, 0.5) is 0 Å². The fourth-order valence-electron chi connectivity index (χ4n) is 5.28. The minimum Gasteiger partial charge on any atom is -0.179 e. The molecule has 0 radical (unpaired) electrons. The van der Waals surface area contributed by atoms with Crippen LogP contribution in [0.1, 0.15) is 22.3 Å². The van der Waals surface area contributed by atoms with E-state index in [1.807, 2.05) is 6.07 Å². The first-order valence-corrected chi connectivity index (χ1v) is 14.8. The zero-order chi connectivity index (χ0) is 27.1. The van der Waals surface area contributed by atoms with E-state index in [4.69, 9.17) is 0 Å². The molecule has 0 saturated carbocycles. The van der Waals surface area contributed by atoms with Crippen molar-refractivity contribution in [2.45, 2.75) is 6.42 Å². The summed E-state index contributed by atoms with van der Waals surface area (Å²) in [6, 6.07) is 58.5. The van der Waals surface area contributed by atoms with E-state index in [0.717, 1.165) is 6.42 Å². The second-order valence-corrected chi connectivity index (χ2v) is 11.1. The molecule has 7 aromatic carbocycles. The summed E-state index contributed by atoms with van der Waals surface area (Å²) in [4.78, 5) is 0. The molecular formula is C39H28ClZr-3. The van der Waals surface area contributed by atoms with Crippen molar-refractivity contribution in [1.29, 1.82) is 0 Å². The average molecular weight is 623 g/mol. The van der Waals surface area contributed by atoms with Crippen molar-refractivity contribution in [3.05, 3.63) is 186 Å². The molecular weight excluding hydrogens is 595 g/mol. The average Bonchev–Trinajstić information content (AvgIpc) is 3.61. The van der Waals surface area contributed by atoms with Gasteiger partial charge in [0, 0.05) is 0 Å². The molecule has 198 valence electrons. The van der Waals surface area contributed by atoms with Crippen LogP contribution in [-0.4, -0.2) is 3.21 Å². The molecule has 0 heterocycles. The van der Waals surface area contributed by atoms with Crippen LogP contribution in [0.25, 0.3) is 32.7 Å². The summed E-state index contributed by atoms with van der Waals surface area (Å²) in [6.45, 7) is 0. The standard InChI is InChI=1S/2C13H9.C13H10.ClH.Zr/c2*1-3-7-12-10(5-1)9-11-6-2-4-8-13(11)12;1-3-7-12(8-4-1)11-13-9-5-2-6-10-13;;/h1-5,7-8H,9H2;1-9H;1-10H;1H;/q2*-1;;;/p-1. The Hall–Kier alpha value is -3.77. The van der Waals surface area contributed by atoms with Gasteiger partial charge in [-0.05, 0) is 6.42 Å². The molecule has 0 bridgehead atoms. The second-order valence-electron chi connectivity index (χ2n) is 9.82. The van der Waals surface area contributed by atoms with Crippen molar-refractivity contribution in [3.8, 4) is 11.1 Å². The summed E-state index contributed by atoms with van der Waals surface area (Å²) in [5.74, 6) is 0. The van der Waals surface area contributed by atoms with Gasteiger partial charge < -0.3 is 12.4 Å². The van der Waals surface area contributed by atoms with Crippen molar-refractivity contribution >= 4 is 24.8 Å². The van der Waals surface area contributed by atoms with Crippen LogP contribution in [-0.2, 0) is 30.7 Å².